The molecule has 1 fully saturated rings. The van der Waals surface area contributed by atoms with Crippen LogP contribution in [0.5, 0.6) is 5.75 Å². The largest absolute Gasteiger partial charge is 0.504 e. The summed E-state index contributed by atoms with van der Waals surface area (Å²) < 4.78 is 6.41. The Morgan fingerprint density at radius 3 is 2.60 bits per heavy atom. The molecule has 4 rings (SSSR count). The Hall–Kier alpha value is -3.81. The Bertz CT molecular complexity index is 1090. The molecule has 0 aliphatic carbocycles. The van der Waals surface area contributed by atoms with E-state index in [4.69, 9.17) is 4.74 Å². The first kappa shape index (κ1) is 19.5. The molecule has 2 heterocycles. The van der Waals surface area contributed by atoms with Gasteiger partial charge in [-0.1, -0.05) is 32.0 Å². The smallest absolute Gasteiger partial charge is 0.414 e. The molecule has 8 heteroatoms. The minimum absolute atomic E-state index is 0.0890. The molecule has 0 atom stereocenters. The fourth-order valence-electron chi connectivity index (χ4n) is 3.24. The van der Waals surface area contributed by atoms with Crippen molar-refractivity contribution in [2.75, 3.05) is 23.4 Å². The van der Waals surface area contributed by atoms with Crippen LogP contribution in [-0.2, 0) is 4.74 Å². The van der Waals surface area contributed by atoms with Crippen LogP contribution in [0, 0.1) is 0 Å². The van der Waals surface area contributed by atoms with Crippen LogP contribution >= 0.6 is 0 Å². The first-order chi connectivity index (χ1) is 14.4. The van der Waals surface area contributed by atoms with Gasteiger partial charge >= 0.3 is 6.09 Å². The van der Waals surface area contributed by atoms with Crippen molar-refractivity contribution >= 4 is 23.4 Å². The van der Waals surface area contributed by atoms with Crippen LogP contribution in [0.15, 0.2) is 54.7 Å². The molecule has 8 nitrogen and oxygen atoms in total. The van der Waals surface area contributed by atoms with Gasteiger partial charge in [-0.05, 0) is 41.8 Å². The topological polar surface area (TPSA) is 96.7 Å². The van der Waals surface area contributed by atoms with Crippen molar-refractivity contribution in [3.05, 3.63) is 66.0 Å². The summed E-state index contributed by atoms with van der Waals surface area (Å²) in [5.74, 6) is -0.365. The van der Waals surface area contributed by atoms with Crippen LogP contribution in [-0.4, -0.2) is 40.0 Å². The van der Waals surface area contributed by atoms with E-state index in [1.807, 2.05) is 24.3 Å². The molecule has 1 aliphatic heterocycles. The van der Waals surface area contributed by atoms with Crippen molar-refractivity contribution in [3.8, 4) is 11.4 Å². The fourth-order valence-corrected chi connectivity index (χ4v) is 3.24. The number of aromatic hydroxyl groups is 1. The number of benzene rings is 2. The number of cyclic esters (lactones) is 1. The van der Waals surface area contributed by atoms with Crippen molar-refractivity contribution in [2.24, 2.45) is 0 Å². The van der Waals surface area contributed by atoms with Gasteiger partial charge in [-0.15, -0.1) is 0 Å². The van der Waals surface area contributed by atoms with E-state index >= 15 is 0 Å². The molecule has 30 heavy (non-hydrogen) atoms. The van der Waals surface area contributed by atoms with Crippen molar-refractivity contribution in [2.45, 2.75) is 19.8 Å². The molecule has 0 radical (unpaired) electrons. The second-order valence-electron chi connectivity index (χ2n) is 7.32. The van der Waals surface area contributed by atoms with Gasteiger partial charge < -0.3 is 15.2 Å². The van der Waals surface area contributed by atoms with E-state index in [1.54, 1.807) is 24.3 Å². The second kappa shape index (κ2) is 7.90. The lowest BCUT2D eigenvalue weighted by Gasteiger charge is -2.14. The lowest BCUT2D eigenvalue weighted by Crippen LogP contribution is -2.23. The minimum Gasteiger partial charge on any atom is -0.504 e. The zero-order chi connectivity index (χ0) is 21.3. The van der Waals surface area contributed by atoms with Crippen LogP contribution < -0.4 is 10.2 Å². The van der Waals surface area contributed by atoms with Crippen LogP contribution in [0.1, 0.15) is 35.8 Å². The van der Waals surface area contributed by atoms with Gasteiger partial charge in [-0.2, -0.15) is 5.10 Å². The fraction of sp³-hybridized carbons (Fsp3) is 0.227. The number of hydrogen-bond donors (Lipinski definition) is 2. The molecule has 0 bridgehead atoms. The Kier molecular flexibility index (Phi) is 5.14. The average molecular weight is 406 g/mol. The number of nitrogens with one attached hydrogen (secondary N) is 1. The molecule has 0 spiro atoms. The number of ether oxygens (including phenoxy) is 1. The van der Waals surface area contributed by atoms with Gasteiger partial charge in [0.1, 0.15) is 6.61 Å². The number of aromatic nitrogens is 2. The van der Waals surface area contributed by atoms with Gasteiger partial charge in [0, 0.05) is 11.4 Å². The maximum atomic E-state index is 12.7. The first-order valence-electron chi connectivity index (χ1n) is 9.67. The molecule has 2 N–H and O–H groups in total. The minimum atomic E-state index is -0.550. The third-order valence-electron chi connectivity index (χ3n) is 4.91. The summed E-state index contributed by atoms with van der Waals surface area (Å²) in [6.45, 7) is 5.01. The maximum absolute atomic E-state index is 12.7. The van der Waals surface area contributed by atoms with Crippen LogP contribution in [0.4, 0.5) is 16.2 Å². The van der Waals surface area contributed by atoms with Crippen molar-refractivity contribution in [1.29, 1.82) is 0 Å². The van der Waals surface area contributed by atoms with Gasteiger partial charge in [-0.3, -0.25) is 9.69 Å². The average Bonchev–Trinajstić information content (AvgIpc) is 3.34. The number of hydrogen-bond acceptors (Lipinski definition) is 5. The van der Waals surface area contributed by atoms with E-state index in [-0.39, 0.29) is 11.4 Å². The van der Waals surface area contributed by atoms with E-state index < -0.39 is 12.0 Å². The van der Waals surface area contributed by atoms with E-state index in [1.165, 1.54) is 21.3 Å². The molecular weight excluding hydrogens is 384 g/mol. The van der Waals surface area contributed by atoms with Crippen LogP contribution in [0.2, 0.25) is 0 Å². The van der Waals surface area contributed by atoms with E-state index in [0.717, 1.165) is 5.69 Å². The third-order valence-corrected chi connectivity index (χ3v) is 4.91. The molecule has 154 valence electrons. The number of anilines is 2. The zero-order valence-electron chi connectivity index (χ0n) is 16.7. The number of carbonyl (C=O) groups excluding carboxylic acids is 2. The molecule has 0 unspecified atom stereocenters. The van der Waals surface area contributed by atoms with Crippen LogP contribution in [0.3, 0.4) is 0 Å². The normalized spacial score (nSPS) is 13.6. The van der Waals surface area contributed by atoms with Crippen LogP contribution in [0.25, 0.3) is 5.69 Å². The Morgan fingerprint density at radius 1 is 1.17 bits per heavy atom. The highest BCUT2D eigenvalue weighted by molar-refractivity contribution is 6.05. The van der Waals surface area contributed by atoms with Crippen molar-refractivity contribution in [3.63, 3.8) is 0 Å². The summed E-state index contributed by atoms with van der Waals surface area (Å²) in [5.41, 5.74) is 2.94. The third kappa shape index (κ3) is 3.84. The monoisotopic (exact) mass is 406 g/mol. The van der Waals surface area contributed by atoms with Gasteiger partial charge in [0.25, 0.3) is 5.91 Å². The number of amides is 2. The maximum Gasteiger partial charge on any atom is 0.414 e. The highest BCUT2D eigenvalue weighted by Gasteiger charge is 2.24. The molecular formula is C22H22N4O4. The predicted molar refractivity (Wildman–Crippen MR) is 112 cm³/mol. The summed E-state index contributed by atoms with van der Waals surface area (Å²) in [6, 6.07) is 14.6. The molecule has 2 amide bonds. The van der Waals surface area contributed by atoms with Gasteiger partial charge in [0.05, 0.1) is 18.4 Å². The highest BCUT2D eigenvalue weighted by atomic mass is 16.6. The number of nitrogens with zero attached hydrogens (tertiary/aromatic N) is 3. The van der Waals surface area contributed by atoms with E-state index in [0.29, 0.717) is 30.4 Å². The summed E-state index contributed by atoms with van der Waals surface area (Å²) in [5, 5.41) is 17.2. The number of rotatable bonds is 5. The van der Waals surface area contributed by atoms with E-state index in [9.17, 15) is 14.7 Å². The molecule has 0 saturated carbocycles. The molecule has 1 saturated heterocycles. The zero-order valence-corrected chi connectivity index (χ0v) is 16.7. The Labute approximate surface area is 173 Å². The van der Waals surface area contributed by atoms with Gasteiger partial charge in [0.2, 0.25) is 0 Å². The lowest BCUT2D eigenvalue weighted by atomic mass is 10.0. The summed E-state index contributed by atoms with van der Waals surface area (Å²) in [4.78, 5) is 25.9. The number of carbonyl (C=O) groups is 2. The molecule has 1 aromatic heterocycles. The summed E-state index contributed by atoms with van der Waals surface area (Å²) >= 11 is 0. The lowest BCUT2D eigenvalue weighted by molar-refractivity contribution is 0.101. The molecule has 3 aromatic rings. The van der Waals surface area contributed by atoms with Gasteiger partial charge in [-0.25, -0.2) is 9.48 Å². The highest BCUT2D eigenvalue weighted by Crippen LogP contribution is 2.25. The second-order valence-corrected chi connectivity index (χ2v) is 7.32. The SMILES string of the molecule is CC(C)c1ccc(-n2cc(O)c(C(=O)Nc3cccc(N4CCOC4=O)c3)n2)cc1. The molecule has 1 aliphatic rings. The predicted octanol–water partition coefficient (Wildman–Crippen LogP) is 3.91. The standard InChI is InChI=1S/C22H22N4O4/c1-14(2)15-6-8-17(9-7-15)26-13-19(27)20(24-26)21(28)23-16-4-3-5-18(12-16)25-10-11-30-22(25)29/h3-9,12-14,27H,10-11H2,1-2H3,(H,23,28). The van der Waals surface area contributed by atoms with Gasteiger partial charge in [0.15, 0.2) is 11.4 Å². The van der Waals surface area contributed by atoms with E-state index in [2.05, 4.69) is 24.3 Å². The summed E-state index contributed by atoms with van der Waals surface area (Å²) in [6.07, 6.45) is 0.981. The van der Waals surface area contributed by atoms with Crippen molar-refractivity contribution < 1.29 is 19.4 Å². The Balaban J connectivity index is 1.52. The van der Waals surface area contributed by atoms with Crippen molar-refractivity contribution in [1.82, 2.24) is 9.78 Å². The molecule has 2 aromatic carbocycles. The Morgan fingerprint density at radius 2 is 1.93 bits per heavy atom. The summed E-state index contributed by atoms with van der Waals surface area (Å²) in [7, 11) is 0. The first-order valence-corrected chi connectivity index (χ1v) is 9.67. The quantitative estimate of drug-likeness (QED) is 0.670.